The lowest BCUT2D eigenvalue weighted by Gasteiger charge is -2.25. The Morgan fingerprint density at radius 2 is 1.89 bits per heavy atom. The zero-order valence-electron chi connectivity index (χ0n) is 16.6. The Hall–Kier alpha value is -3.02. The van der Waals surface area contributed by atoms with E-state index in [9.17, 15) is 9.59 Å². The Morgan fingerprint density at radius 3 is 2.57 bits per heavy atom. The molecule has 1 saturated heterocycles. The number of nitrogens with one attached hydrogen (secondary N) is 2. The molecule has 2 N–H and O–H groups in total. The first kappa shape index (κ1) is 19.7. The van der Waals surface area contributed by atoms with Crippen LogP contribution < -0.4 is 15.4 Å². The molecule has 1 unspecified atom stereocenters. The second kappa shape index (κ2) is 8.78. The van der Waals surface area contributed by atoms with E-state index in [1.165, 1.54) is 6.92 Å². The van der Waals surface area contributed by atoms with E-state index in [1.54, 1.807) is 6.07 Å². The fourth-order valence-electron chi connectivity index (χ4n) is 3.53. The average Bonchev–Trinajstić information content (AvgIpc) is 3.15. The topological polar surface area (TPSA) is 70.7 Å². The molecule has 1 atom stereocenters. The fraction of sp³-hybridized carbons (Fsp3) is 0.364. The number of aryl methyl sites for hydroxylation is 1. The first-order valence-electron chi connectivity index (χ1n) is 9.66. The van der Waals surface area contributed by atoms with Gasteiger partial charge in [0.15, 0.2) is 0 Å². The first-order valence-corrected chi connectivity index (χ1v) is 9.66. The van der Waals surface area contributed by atoms with E-state index < -0.39 is 0 Å². The number of carbonyl (C=O) groups is 2. The van der Waals surface area contributed by atoms with E-state index >= 15 is 0 Å². The number of likely N-dealkylation sites (tertiary alicyclic amines) is 1. The summed E-state index contributed by atoms with van der Waals surface area (Å²) in [5, 5.41) is 5.76. The molecule has 6 heteroatoms. The number of hydrogen-bond acceptors (Lipinski definition) is 3. The van der Waals surface area contributed by atoms with Crippen molar-refractivity contribution in [1.82, 2.24) is 4.90 Å². The highest BCUT2D eigenvalue weighted by Crippen LogP contribution is 2.33. The standard InChI is InChI=1S/C22H27N3O3/c1-4-28-19-11-8-17(9-12-19)21-6-5-13-25(21)22(27)24-18-10-7-15(2)20(14-18)23-16(3)26/h7-12,14,21H,4-6,13H2,1-3H3,(H,23,26)(H,24,27). The normalized spacial score (nSPS) is 16.0. The molecule has 1 aliphatic rings. The van der Waals surface area contributed by atoms with Gasteiger partial charge in [0.2, 0.25) is 5.91 Å². The van der Waals surface area contributed by atoms with Crippen LogP contribution in [0.25, 0.3) is 0 Å². The van der Waals surface area contributed by atoms with Crippen LogP contribution in [-0.2, 0) is 4.79 Å². The molecule has 0 bridgehead atoms. The van der Waals surface area contributed by atoms with Gasteiger partial charge in [-0.3, -0.25) is 4.79 Å². The molecule has 0 spiro atoms. The van der Waals surface area contributed by atoms with Crippen molar-refractivity contribution in [3.63, 3.8) is 0 Å². The summed E-state index contributed by atoms with van der Waals surface area (Å²) in [6.07, 6.45) is 1.91. The van der Waals surface area contributed by atoms with Gasteiger partial charge < -0.3 is 20.3 Å². The maximum Gasteiger partial charge on any atom is 0.322 e. The van der Waals surface area contributed by atoms with Crippen molar-refractivity contribution in [3.8, 4) is 5.75 Å². The van der Waals surface area contributed by atoms with E-state index in [0.717, 1.165) is 29.7 Å². The Balaban J connectivity index is 1.72. The lowest BCUT2D eigenvalue weighted by Crippen LogP contribution is -2.34. The van der Waals surface area contributed by atoms with Gasteiger partial charge in [-0.1, -0.05) is 18.2 Å². The van der Waals surface area contributed by atoms with Gasteiger partial charge in [0.1, 0.15) is 5.75 Å². The largest absolute Gasteiger partial charge is 0.494 e. The van der Waals surface area contributed by atoms with Crippen molar-refractivity contribution < 1.29 is 14.3 Å². The number of amides is 3. The number of carbonyl (C=O) groups excluding carboxylic acids is 2. The third kappa shape index (κ3) is 4.63. The number of ether oxygens (including phenoxy) is 1. The second-order valence-electron chi connectivity index (χ2n) is 6.99. The van der Waals surface area contributed by atoms with Crippen LogP contribution >= 0.6 is 0 Å². The van der Waals surface area contributed by atoms with Crippen molar-refractivity contribution in [2.24, 2.45) is 0 Å². The summed E-state index contributed by atoms with van der Waals surface area (Å²) in [7, 11) is 0. The molecule has 3 amide bonds. The highest BCUT2D eigenvalue weighted by atomic mass is 16.5. The van der Waals surface area contributed by atoms with E-state index in [2.05, 4.69) is 10.6 Å². The minimum absolute atomic E-state index is 0.0518. The molecule has 0 aromatic heterocycles. The van der Waals surface area contributed by atoms with E-state index in [-0.39, 0.29) is 18.0 Å². The summed E-state index contributed by atoms with van der Waals surface area (Å²) >= 11 is 0. The molecule has 3 rings (SSSR count). The minimum atomic E-state index is -0.137. The molecule has 0 aliphatic carbocycles. The average molecular weight is 381 g/mol. The number of anilines is 2. The molecule has 0 radical (unpaired) electrons. The minimum Gasteiger partial charge on any atom is -0.494 e. The quantitative estimate of drug-likeness (QED) is 0.787. The van der Waals surface area contributed by atoms with Crippen LogP contribution in [0.5, 0.6) is 5.75 Å². The van der Waals surface area contributed by atoms with Gasteiger partial charge in [-0.15, -0.1) is 0 Å². The van der Waals surface area contributed by atoms with Gasteiger partial charge in [-0.2, -0.15) is 0 Å². The summed E-state index contributed by atoms with van der Waals surface area (Å²) in [6.45, 7) is 6.69. The van der Waals surface area contributed by atoms with Crippen molar-refractivity contribution in [1.29, 1.82) is 0 Å². The Morgan fingerprint density at radius 1 is 1.14 bits per heavy atom. The van der Waals surface area contributed by atoms with Gasteiger partial charge in [-0.05, 0) is 62.1 Å². The van der Waals surface area contributed by atoms with Crippen molar-refractivity contribution in [3.05, 3.63) is 53.6 Å². The van der Waals surface area contributed by atoms with Crippen LogP contribution in [0.1, 0.15) is 43.9 Å². The highest BCUT2D eigenvalue weighted by molar-refractivity contribution is 5.93. The third-order valence-electron chi connectivity index (χ3n) is 4.89. The smallest absolute Gasteiger partial charge is 0.322 e. The molecular formula is C22H27N3O3. The van der Waals surface area contributed by atoms with Gasteiger partial charge in [0.05, 0.1) is 12.6 Å². The van der Waals surface area contributed by atoms with Gasteiger partial charge in [0, 0.05) is 24.8 Å². The monoisotopic (exact) mass is 381 g/mol. The molecule has 1 heterocycles. The Bertz CT molecular complexity index is 849. The van der Waals surface area contributed by atoms with Crippen LogP contribution in [-0.4, -0.2) is 30.0 Å². The Labute approximate surface area is 165 Å². The maximum absolute atomic E-state index is 12.9. The van der Waals surface area contributed by atoms with Gasteiger partial charge in [0.25, 0.3) is 0 Å². The van der Waals surface area contributed by atoms with E-state index in [0.29, 0.717) is 24.5 Å². The SMILES string of the molecule is CCOc1ccc(C2CCCN2C(=O)Nc2ccc(C)c(NC(C)=O)c2)cc1. The van der Waals surface area contributed by atoms with Crippen LogP contribution in [0.4, 0.5) is 16.2 Å². The molecule has 1 aliphatic heterocycles. The summed E-state index contributed by atoms with van der Waals surface area (Å²) in [6, 6.07) is 13.4. The van der Waals surface area contributed by atoms with Crippen LogP contribution in [0.15, 0.2) is 42.5 Å². The lowest BCUT2D eigenvalue weighted by atomic mass is 10.0. The zero-order valence-corrected chi connectivity index (χ0v) is 16.6. The molecule has 0 saturated carbocycles. The number of urea groups is 1. The number of nitrogens with zero attached hydrogens (tertiary/aromatic N) is 1. The van der Waals surface area contributed by atoms with Crippen molar-refractivity contribution in [2.75, 3.05) is 23.8 Å². The first-order chi connectivity index (χ1) is 13.5. The molecular weight excluding hydrogens is 354 g/mol. The number of benzene rings is 2. The third-order valence-corrected chi connectivity index (χ3v) is 4.89. The molecule has 28 heavy (non-hydrogen) atoms. The lowest BCUT2D eigenvalue weighted by molar-refractivity contribution is -0.114. The molecule has 148 valence electrons. The van der Waals surface area contributed by atoms with E-state index in [4.69, 9.17) is 4.74 Å². The number of hydrogen-bond donors (Lipinski definition) is 2. The zero-order chi connectivity index (χ0) is 20.1. The van der Waals surface area contributed by atoms with Crippen molar-refractivity contribution in [2.45, 2.75) is 39.7 Å². The maximum atomic E-state index is 12.9. The van der Waals surface area contributed by atoms with Crippen LogP contribution in [0.3, 0.4) is 0 Å². The molecule has 2 aromatic carbocycles. The molecule has 1 fully saturated rings. The fourth-order valence-corrected chi connectivity index (χ4v) is 3.53. The summed E-state index contributed by atoms with van der Waals surface area (Å²) in [5.74, 6) is 0.701. The van der Waals surface area contributed by atoms with Gasteiger partial charge >= 0.3 is 6.03 Å². The predicted molar refractivity (Wildman–Crippen MR) is 111 cm³/mol. The van der Waals surface area contributed by atoms with Gasteiger partial charge in [-0.25, -0.2) is 4.79 Å². The predicted octanol–water partition coefficient (Wildman–Crippen LogP) is 4.72. The highest BCUT2D eigenvalue weighted by Gasteiger charge is 2.30. The summed E-state index contributed by atoms with van der Waals surface area (Å²) < 4.78 is 5.50. The summed E-state index contributed by atoms with van der Waals surface area (Å²) in [5.41, 5.74) is 3.42. The molecule has 2 aromatic rings. The van der Waals surface area contributed by atoms with Crippen LogP contribution in [0.2, 0.25) is 0 Å². The Kier molecular flexibility index (Phi) is 6.19. The van der Waals surface area contributed by atoms with E-state index in [1.807, 2.05) is 55.1 Å². The number of rotatable bonds is 5. The van der Waals surface area contributed by atoms with Crippen molar-refractivity contribution >= 4 is 23.3 Å². The molecule has 6 nitrogen and oxygen atoms in total. The van der Waals surface area contributed by atoms with Crippen LogP contribution in [0, 0.1) is 6.92 Å². The summed E-state index contributed by atoms with van der Waals surface area (Å²) in [4.78, 5) is 26.1. The second-order valence-corrected chi connectivity index (χ2v) is 6.99.